The van der Waals surface area contributed by atoms with Crippen LogP contribution in [0.3, 0.4) is 0 Å². The molecule has 0 unspecified atom stereocenters. The molecule has 0 heterocycles. The largest absolute Gasteiger partial charge is 0.494 e. The number of rotatable bonds is 26. The van der Waals surface area contributed by atoms with Gasteiger partial charge in [-0.3, -0.25) is 0 Å². The highest BCUT2D eigenvalue weighted by Crippen LogP contribution is 2.44. The van der Waals surface area contributed by atoms with Crippen molar-refractivity contribution < 1.29 is 49.0 Å². The number of hydrogen-bond acceptors (Lipinski definition) is 8. The second-order valence-electron chi connectivity index (χ2n) is 14.7. The van der Waals surface area contributed by atoms with Crippen LogP contribution in [0.5, 0.6) is 34.5 Å². The maximum Gasteiger partial charge on any atom is 0.340 e. The number of ether oxygens (including phenoxy) is 4. The minimum atomic E-state index is -1.68. The van der Waals surface area contributed by atoms with Crippen LogP contribution < -0.4 is 18.9 Å². The van der Waals surface area contributed by atoms with E-state index in [1.54, 1.807) is 97.1 Å². The number of carboxylic acid groups (broad SMARTS) is 2. The summed E-state index contributed by atoms with van der Waals surface area (Å²) in [5.74, 6) is -5.14. The van der Waals surface area contributed by atoms with Crippen LogP contribution in [0.25, 0.3) is 0 Å². The maximum absolute atomic E-state index is 13.4. The lowest BCUT2D eigenvalue weighted by Gasteiger charge is -2.22. The Morgan fingerprint density at radius 1 is 0.419 bits per heavy atom. The molecular weight excluding hydrogens is 789 g/mol. The monoisotopic (exact) mass is 844 g/mol. The highest BCUT2D eigenvalue weighted by atomic mass is 16.5. The minimum Gasteiger partial charge on any atom is -0.494 e. The van der Waals surface area contributed by atoms with Crippen LogP contribution in [-0.2, 0) is 0 Å². The van der Waals surface area contributed by atoms with E-state index in [9.17, 15) is 30.0 Å². The quantitative estimate of drug-likeness (QED) is 0.0238. The standard InChI is InChI=1S/C50H56N2O10/c1-3-5-7-9-11-19-33-59-37-25-29-39(30-26-37)61-45-41(47(53)51-35-21-15-13-16-22-35)43(49(55)56)46(44(50(57)58)42(45)48(54)52-36-23-17-14-18-24-36)62-40-31-27-38(28-32-40)60-34-20-12-10-8-6-4-2/h13-18,21-32H,3-12,19-20,33-34H2,1-2H3,(H,51,53)(H,52,54)(H,55,56)(H,57,58). The molecule has 5 rings (SSSR count). The fourth-order valence-corrected chi connectivity index (χ4v) is 6.69. The van der Waals surface area contributed by atoms with Crippen LogP contribution in [0.4, 0.5) is 11.4 Å². The highest BCUT2D eigenvalue weighted by Gasteiger charge is 2.38. The molecule has 0 atom stereocenters. The number of aliphatic imine (C=N–C) groups is 2. The summed E-state index contributed by atoms with van der Waals surface area (Å²) in [4.78, 5) is 35.5. The van der Waals surface area contributed by atoms with Crippen molar-refractivity contribution in [2.24, 2.45) is 9.98 Å². The van der Waals surface area contributed by atoms with E-state index in [4.69, 9.17) is 18.9 Å². The first-order valence-electron chi connectivity index (χ1n) is 21.4. The molecule has 4 N–H and O–H groups in total. The zero-order valence-corrected chi connectivity index (χ0v) is 35.4. The Morgan fingerprint density at radius 2 is 0.742 bits per heavy atom. The molecule has 0 saturated carbocycles. The van der Waals surface area contributed by atoms with Crippen molar-refractivity contribution in [1.29, 1.82) is 0 Å². The average Bonchev–Trinajstić information content (AvgIpc) is 3.27. The summed E-state index contributed by atoms with van der Waals surface area (Å²) in [6.07, 6.45) is 13.2. The first-order valence-corrected chi connectivity index (χ1v) is 21.4. The van der Waals surface area contributed by atoms with Gasteiger partial charge in [-0.15, -0.1) is 0 Å². The molecule has 62 heavy (non-hydrogen) atoms. The van der Waals surface area contributed by atoms with Crippen molar-refractivity contribution >= 4 is 35.1 Å². The van der Waals surface area contributed by atoms with Gasteiger partial charge in [-0.25, -0.2) is 19.6 Å². The Morgan fingerprint density at radius 3 is 1.10 bits per heavy atom. The molecule has 5 aromatic carbocycles. The predicted molar refractivity (Wildman–Crippen MR) is 242 cm³/mol. The average molecular weight is 845 g/mol. The number of aromatic carboxylic acids is 2. The molecule has 0 saturated heterocycles. The van der Waals surface area contributed by atoms with Gasteiger partial charge in [-0.2, -0.15) is 0 Å². The van der Waals surface area contributed by atoms with Gasteiger partial charge >= 0.3 is 11.9 Å². The summed E-state index contributed by atoms with van der Waals surface area (Å²) in [7, 11) is 0. The second kappa shape index (κ2) is 24.4. The highest BCUT2D eigenvalue weighted by molar-refractivity contribution is 6.17. The van der Waals surface area contributed by atoms with E-state index in [0.717, 1.165) is 38.5 Å². The zero-order valence-electron chi connectivity index (χ0n) is 35.4. The van der Waals surface area contributed by atoms with E-state index in [-0.39, 0.29) is 22.9 Å². The van der Waals surface area contributed by atoms with Gasteiger partial charge in [0, 0.05) is 0 Å². The van der Waals surface area contributed by atoms with Gasteiger partial charge in [0.05, 0.1) is 35.7 Å². The zero-order chi connectivity index (χ0) is 44.1. The number of benzene rings is 5. The number of unbranched alkanes of at least 4 members (excludes halogenated alkanes) is 10. The van der Waals surface area contributed by atoms with Gasteiger partial charge < -0.3 is 39.4 Å². The van der Waals surface area contributed by atoms with E-state index in [0.29, 0.717) is 24.7 Å². The van der Waals surface area contributed by atoms with E-state index < -0.39 is 57.5 Å². The van der Waals surface area contributed by atoms with Crippen LogP contribution in [0, 0.1) is 0 Å². The fourth-order valence-electron chi connectivity index (χ4n) is 6.69. The molecule has 0 bridgehead atoms. The predicted octanol–water partition coefficient (Wildman–Crippen LogP) is 13.4. The van der Waals surface area contributed by atoms with Gasteiger partial charge in [-0.05, 0) is 85.6 Å². The summed E-state index contributed by atoms with van der Waals surface area (Å²) in [6, 6.07) is 29.1. The van der Waals surface area contributed by atoms with Crippen molar-refractivity contribution in [2.75, 3.05) is 13.2 Å². The third-order valence-corrected chi connectivity index (χ3v) is 9.89. The number of nitrogens with zero attached hydrogens (tertiary/aromatic N) is 2. The minimum absolute atomic E-state index is 0.0445. The topological polar surface area (TPSA) is 177 Å². The molecule has 0 fully saturated rings. The van der Waals surface area contributed by atoms with Gasteiger partial charge in [0.25, 0.3) is 0 Å². The van der Waals surface area contributed by atoms with Crippen LogP contribution in [0.2, 0.25) is 0 Å². The molecule has 0 aliphatic heterocycles. The van der Waals surface area contributed by atoms with Crippen LogP contribution in [0.1, 0.15) is 123 Å². The van der Waals surface area contributed by atoms with E-state index >= 15 is 0 Å². The van der Waals surface area contributed by atoms with E-state index in [2.05, 4.69) is 23.8 Å². The molecule has 0 aromatic heterocycles. The van der Waals surface area contributed by atoms with Gasteiger partial charge in [-0.1, -0.05) is 114 Å². The van der Waals surface area contributed by atoms with Gasteiger partial charge in [0.1, 0.15) is 34.1 Å². The molecule has 12 heteroatoms. The molecule has 0 aliphatic carbocycles. The van der Waals surface area contributed by atoms with Gasteiger partial charge in [0.2, 0.25) is 11.8 Å². The SMILES string of the molecule is CCCCCCCCOc1ccc(Oc2c(C(=O)O)c(C(O)=Nc3ccccc3)c(Oc3ccc(OCCCCCCCC)cc3)c(C(O)=Nc3ccccc3)c2C(=O)O)cc1. The van der Waals surface area contributed by atoms with Crippen LogP contribution >= 0.6 is 0 Å². The number of carboxylic acids is 2. The molecule has 12 nitrogen and oxygen atoms in total. The summed E-state index contributed by atoms with van der Waals surface area (Å²) >= 11 is 0. The number of aliphatic hydroxyl groups is 2. The molecule has 326 valence electrons. The molecule has 0 amide bonds. The van der Waals surface area contributed by atoms with Gasteiger partial charge in [0.15, 0.2) is 11.5 Å². The van der Waals surface area contributed by atoms with E-state index in [1.165, 1.54) is 50.7 Å². The van der Waals surface area contributed by atoms with E-state index in [1.807, 2.05) is 0 Å². The fraction of sp³-hybridized carbons (Fsp3) is 0.320. The summed E-state index contributed by atoms with van der Waals surface area (Å²) in [5, 5.41) is 45.5. The van der Waals surface area contributed by atoms with Crippen molar-refractivity contribution in [3.05, 3.63) is 131 Å². The number of aliphatic hydroxyl groups excluding tert-OH is 2. The van der Waals surface area contributed by atoms with Crippen LogP contribution in [-0.4, -0.2) is 57.4 Å². The Bertz CT molecular complexity index is 2150. The second-order valence-corrected chi connectivity index (χ2v) is 14.7. The third kappa shape index (κ3) is 13.6. The molecule has 0 radical (unpaired) electrons. The lowest BCUT2D eigenvalue weighted by atomic mass is 9.93. The van der Waals surface area contributed by atoms with Crippen molar-refractivity contribution in [3.63, 3.8) is 0 Å². The lowest BCUT2D eigenvalue weighted by Crippen LogP contribution is -2.21. The first kappa shape index (κ1) is 46.2. The lowest BCUT2D eigenvalue weighted by molar-refractivity contribution is 0.0690. The summed E-state index contributed by atoms with van der Waals surface area (Å²) in [6.45, 7) is 5.36. The third-order valence-electron chi connectivity index (χ3n) is 9.89. The molecular formula is C50H56N2O10. The molecule has 0 aliphatic rings. The Kier molecular flexibility index (Phi) is 18.2. The Labute approximate surface area is 363 Å². The number of hydrogen-bond donors (Lipinski definition) is 4. The molecule has 5 aromatic rings. The van der Waals surface area contributed by atoms with Crippen molar-refractivity contribution in [2.45, 2.75) is 90.9 Å². The summed E-state index contributed by atoms with van der Waals surface area (Å²) < 4.78 is 24.3. The number of para-hydroxylation sites is 2. The molecule has 0 spiro atoms. The number of carbonyl (C=O) groups is 2. The van der Waals surface area contributed by atoms with Crippen molar-refractivity contribution in [3.8, 4) is 34.5 Å². The smallest absolute Gasteiger partial charge is 0.340 e. The Hall–Kier alpha value is -6.82. The Balaban J connectivity index is 1.62. The summed E-state index contributed by atoms with van der Waals surface area (Å²) in [5.41, 5.74) is -2.27. The maximum atomic E-state index is 13.4. The normalized spacial score (nSPS) is 11.6. The van der Waals surface area contributed by atoms with Crippen LogP contribution in [0.15, 0.2) is 119 Å². The first-order chi connectivity index (χ1) is 30.2. The van der Waals surface area contributed by atoms with Crippen molar-refractivity contribution in [1.82, 2.24) is 0 Å².